The van der Waals surface area contributed by atoms with E-state index < -0.39 is 11.6 Å². The van der Waals surface area contributed by atoms with E-state index in [0.717, 1.165) is 43.4 Å². The first-order valence-corrected chi connectivity index (χ1v) is 11.8. The third kappa shape index (κ3) is 4.75. The molecule has 1 saturated heterocycles. The minimum Gasteiger partial charge on any atom is -0.349 e. The SMILES string of the molecule is O=C(CCN1C(=O)NC2(CCCC2)C1=O)Nc1ccc(Cl)c(C(=O)NC2CCCCC2)c1. The summed E-state index contributed by atoms with van der Waals surface area (Å²) in [6.45, 7) is 0.0147. The monoisotopic (exact) mass is 460 g/mol. The Morgan fingerprint density at radius 1 is 1.09 bits per heavy atom. The maximum absolute atomic E-state index is 12.7. The van der Waals surface area contributed by atoms with E-state index in [2.05, 4.69) is 16.0 Å². The fraction of sp³-hybridized carbons (Fsp3) is 0.565. The van der Waals surface area contributed by atoms with E-state index in [1.54, 1.807) is 18.2 Å². The third-order valence-electron chi connectivity index (χ3n) is 6.70. The summed E-state index contributed by atoms with van der Waals surface area (Å²) < 4.78 is 0. The molecular weight excluding hydrogens is 432 g/mol. The summed E-state index contributed by atoms with van der Waals surface area (Å²) in [4.78, 5) is 51.2. The highest BCUT2D eigenvalue weighted by atomic mass is 35.5. The van der Waals surface area contributed by atoms with Crippen LogP contribution in [0, 0.1) is 0 Å². The van der Waals surface area contributed by atoms with Crippen LogP contribution in [0.15, 0.2) is 18.2 Å². The lowest BCUT2D eigenvalue weighted by atomic mass is 9.95. The molecule has 1 aromatic rings. The van der Waals surface area contributed by atoms with Crippen molar-refractivity contribution in [1.82, 2.24) is 15.5 Å². The number of rotatable bonds is 6. The van der Waals surface area contributed by atoms with Crippen LogP contribution in [0.25, 0.3) is 0 Å². The van der Waals surface area contributed by atoms with Gasteiger partial charge < -0.3 is 16.0 Å². The number of imide groups is 1. The van der Waals surface area contributed by atoms with E-state index in [9.17, 15) is 19.2 Å². The number of carbonyl (C=O) groups excluding carboxylic acids is 4. The molecule has 0 radical (unpaired) electrons. The number of anilines is 1. The number of urea groups is 1. The summed E-state index contributed by atoms with van der Waals surface area (Å²) >= 11 is 6.22. The van der Waals surface area contributed by atoms with E-state index in [1.165, 1.54) is 6.42 Å². The van der Waals surface area contributed by atoms with Crippen LogP contribution in [0.2, 0.25) is 5.02 Å². The summed E-state index contributed by atoms with van der Waals surface area (Å²) in [5, 5.41) is 8.89. The molecule has 0 aromatic heterocycles. The largest absolute Gasteiger partial charge is 0.349 e. The Labute approximate surface area is 192 Å². The Hall–Kier alpha value is -2.61. The maximum atomic E-state index is 12.7. The van der Waals surface area contributed by atoms with Crippen LogP contribution in [0.4, 0.5) is 10.5 Å². The number of hydrogen-bond acceptors (Lipinski definition) is 4. The number of amides is 5. The zero-order chi connectivity index (χ0) is 22.7. The van der Waals surface area contributed by atoms with Crippen LogP contribution in [0.3, 0.4) is 0 Å². The van der Waals surface area contributed by atoms with Crippen molar-refractivity contribution in [2.75, 3.05) is 11.9 Å². The first kappa shape index (κ1) is 22.6. The second-order valence-corrected chi connectivity index (χ2v) is 9.38. The van der Waals surface area contributed by atoms with Crippen molar-refractivity contribution in [3.05, 3.63) is 28.8 Å². The van der Waals surface area contributed by atoms with Crippen molar-refractivity contribution in [2.45, 2.75) is 75.8 Å². The quantitative estimate of drug-likeness (QED) is 0.563. The summed E-state index contributed by atoms with van der Waals surface area (Å²) in [6.07, 6.45) is 8.42. The van der Waals surface area contributed by atoms with Gasteiger partial charge in [0.25, 0.3) is 11.8 Å². The fourth-order valence-electron chi connectivity index (χ4n) is 4.92. The van der Waals surface area contributed by atoms with Crippen LogP contribution in [-0.2, 0) is 9.59 Å². The average Bonchev–Trinajstić information content (AvgIpc) is 3.33. The summed E-state index contributed by atoms with van der Waals surface area (Å²) in [7, 11) is 0. The van der Waals surface area contributed by atoms with Gasteiger partial charge in [-0.05, 0) is 43.9 Å². The molecule has 172 valence electrons. The van der Waals surface area contributed by atoms with E-state index in [0.29, 0.717) is 29.1 Å². The smallest absolute Gasteiger partial charge is 0.325 e. The molecule has 2 aliphatic carbocycles. The molecule has 1 aliphatic heterocycles. The molecule has 3 aliphatic rings. The highest BCUT2D eigenvalue weighted by Gasteiger charge is 2.52. The Kier molecular flexibility index (Phi) is 6.69. The van der Waals surface area contributed by atoms with Crippen LogP contribution in [-0.4, -0.2) is 46.8 Å². The zero-order valence-electron chi connectivity index (χ0n) is 18.0. The summed E-state index contributed by atoms with van der Waals surface area (Å²) in [6, 6.07) is 4.47. The second-order valence-electron chi connectivity index (χ2n) is 8.98. The maximum Gasteiger partial charge on any atom is 0.325 e. The van der Waals surface area contributed by atoms with Crippen molar-refractivity contribution >= 4 is 41.0 Å². The Bertz CT molecular complexity index is 923. The highest BCUT2D eigenvalue weighted by molar-refractivity contribution is 6.34. The van der Waals surface area contributed by atoms with Crippen molar-refractivity contribution < 1.29 is 19.2 Å². The predicted octanol–water partition coefficient (Wildman–Crippen LogP) is 3.60. The van der Waals surface area contributed by atoms with Crippen LogP contribution in [0.5, 0.6) is 0 Å². The topological polar surface area (TPSA) is 108 Å². The molecule has 3 N–H and O–H groups in total. The second kappa shape index (κ2) is 9.48. The molecule has 0 bridgehead atoms. The molecule has 5 amide bonds. The lowest BCUT2D eigenvalue weighted by molar-refractivity contribution is -0.131. The van der Waals surface area contributed by atoms with Gasteiger partial charge in [-0.15, -0.1) is 0 Å². The number of benzene rings is 1. The molecule has 0 unspecified atom stereocenters. The molecule has 1 heterocycles. The van der Waals surface area contributed by atoms with Gasteiger partial charge >= 0.3 is 6.03 Å². The van der Waals surface area contributed by atoms with E-state index in [4.69, 9.17) is 11.6 Å². The van der Waals surface area contributed by atoms with Gasteiger partial charge in [-0.25, -0.2) is 4.79 Å². The van der Waals surface area contributed by atoms with Gasteiger partial charge in [0, 0.05) is 24.7 Å². The highest BCUT2D eigenvalue weighted by Crippen LogP contribution is 2.35. The minimum absolute atomic E-state index is 0.0147. The van der Waals surface area contributed by atoms with Crippen LogP contribution >= 0.6 is 11.6 Å². The molecule has 2 saturated carbocycles. The number of hydrogen-bond donors (Lipinski definition) is 3. The number of halogens is 1. The van der Waals surface area contributed by atoms with Crippen LogP contribution in [0.1, 0.15) is 74.6 Å². The molecule has 1 spiro atoms. The van der Waals surface area contributed by atoms with Gasteiger partial charge in [-0.3, -0.25) is 19.3 Å². The Morgan fingerprint density at radius 2 is 1.81 bits per heavy atom. The first-order valence-electron chi connectivity index (χ1n) is 11.4. The molecule has 0 atom stereocenters. The normalized spacial score (nSPS) is 20.5. The standard InChI is InChI=1S/C23H29ClN4O4/c24-18-9-8-16(14-17(18)20(30)26-15-6-2-1-3-7-15)25-19(29)10-13-28-21(31)23(27-22(28)32)11-4-5-12-23/h8-9,14-15H,1-7,10-13H2,(H,25,29)(H,26,30)(H,27,32). The van der Waals surface area contributed by atoms with Gasteiger partial charge in [0.05, 0.1) is 10.6 Å². The summed E-state index contributed by atoms with van der Waals surface area (Å²) in [5.74, 6) is -0.834. The molecule has 9 heteroatoms. The zero-order valence-corrected chi connectivity index (χ0v) is 18.8. The average molecular weight is 461 g/mol. The van der Waals surface area contributed by atoms with Crippen LogP contribution < -0.4 is 16.0 Å². The molecule has 8 nitrogen and oxygen atoms in total. The van der Waals surface area contributed by atoms with E-state index in [-0.39, 0.29) is 36.7 Å². The van der Waals surface area contributed by atoms with E-state index >= 15 is 0 Å². The fourth-order valence-corrected chi connectivity index (χ4v) is 5.12. The lowest BCUT2D eigenvalue weighted by Gasteiger charge is -2.23. The van der Waals surface area contributed by atoms with Gasteiger partial charge in [0.1, 0.15) is 5.54 Å². The minimum atomic E-state index is -0.773. The summed E-state index contributed by atoms with van der Waals surface area (Å²) in [5.41, 5.74) is -0.0189. The molecule has 32 heavy (non-hydrogen) atoms. The third-order valence-corrected chi connectivity index (χ3v) is 7.03. The molecule has 1 aromatic carbocycles. The van der Waals surface area contributed by atoms with Crippen molar-refractivity contribution in [2.24, 2.45) is 0 Å². The molecule has 4 rings (SSSR count). The molecular formula is C23H29ClN4O4. The molecule has 3 fully saturated rings. The van der Waals surface area contributed by atoms with Gasteiger partial charge in [0.15, 0.2) is 0 Å². The number of nitrogens with one attached hydrogen (secondary N) is 3. The Morgan fingerprint density at radius 3 is 2.53 bits per heavy atom. The first-order chi connectivity index (χ1) is 15.4. The van der Waals surface area contributed by atoms with Crippen molar-refractivity contribution in [1.29, 1.82) is 0 Å². The lowest BCUT2D eigenvalue weighted by Crippen LogP contribution is -2.44. The number of carbonyl (C=O) groups is 4. The predicted molar refractivity (Wildman–Crippen MR) is 120 cm³/mol. The van der Waals surface area contributed by atoms with Gasteiger partial charge in [-0.2, -0.15) is 0 Å². The number of nitrogens with zero attached hydrogens (tertiary/aromatic N) is 1. The van der Waals surface area contributed by atoms with Crippen molar-refractivity contribution in [3.8, 4) is 0 Å². The van der Waals surface area contributed by atoms with E-state index in [1.807, 2.05) is 0 Å². The van der Waals surface area contributed by atoms with Gasteiger partial charge in [-0.1, -0.05) is 43.7 Å². The Balaban J connectivity index is 1.33. The van der Waals surface area contributed by atoms with Crippen molar-refractivity contribution in [3.63, 3.8) is 0 Å². The van der Waals surface area contributed by atoms with Gasteiger partial charge in [0.2, 0.25) is 5.91 Å².